The lowest BCUT2D eigenvalue weighted by atomic mass is 9.88. The fraction of sp³-hybridized carbons (Fsp3) is 0.600. The van der Waals surface area contributed by atoms with Crippen LogP contribution >= 0.6 is 0 Å². The number of aromatic carboxylic acids is 1. The number of nitrogens with zero attached hydrogens (tertiary/aromatic N) is 1. The van der Waals surface area contributed by atoms with Crippen molar-refractivity contribution in [3.05, 3.63) is 17.0 Å². The number of H-pyrrole nitrogens is 1. The Balaban J connectivity index is 3.28. The Bertz CT molecular complexity index is 347. The molecule has 0 fully saturated rings. The minimum atomic E-state index is -0.940. The number of carbonyl (C=O) groups is 1. The van der Waals surface area contributed by atoms with E-state index in [1.54, 1.807) is 0 Å². The molecule has 0 atom stereocenters. The zero-order chi connectivity index (χ0) is 10.9. The first-order valence-electron chi connectivity index (χ1n) is 4.69. The monoisotopic (exact) mass is 196 g/mol. The number of hydrogen-bond donors (Lipinski definition) is 2. The molecule has 0 aliphatic carbocycles. The van der Waals surface area contributed by atoms with Crippen LogP contribution in [0.5, 0.6) is 0 Å². The van der Waals surface area contributed by atoms with Crippen LogP contribution in [-0.4, -0.2) is 21.3 Å². The molecule has 0 spiro atoms. The Morgan fingerprint density at radius 2 is 2.07 bits per heavy atom. The highest BCUT2D eigenvalue weighted by molar-refractivity contribution is 5.87. The van der Waals surface area contributed by atoms with Gasteiger partial charge in [0.2, 0.25) is 0 Å². The van der Waals surface area contributed by atoms with Crippen LogP contribution in [0.1, 0.15) is 49.4 Å². The van der Waals surface area contributed by atoms with Crippen molar-refractivity contribution in [1.82, 2.24) is 10.2 Å². The van der Waals surface area contributed by atoms with Crippen molar-refractivity contribution in [1.29, 1.82) is 0 Å². The van der Waals surface area contributed by atoms with E-state index in [0.29, 0.717) is 6.42 Å². The van der Waals surface area contributed by atoms with E-state index in [1.165, 1.54) is 0 Å². The fourth-order valence-electron chi connectivity index (χ4n) is 1.51. The predicted octanol–water partition coefficient (Wildman–Crippen LogP) is 1.97. The second-order valence-corrected chi connectivity index (χ2v) is 4.33. The van der Waals surface area contributed by atoms with Gasteiger partial charge in [0.25, 0.3) is 0 Å². The zero-order valence-electron chi connectivity index (χ0n) is 9.01. The topological polar surface area (TPSA) is 66.0 Å². The summed E-state index contributed by atoms with van der Waals surface area (Å²) in [4.78, 5) is 10.8. The van der Waals surface area contributed by atoms with Gasteiger partial charge < -0.3 is 5.11 Å². The first-order chi connectivity index (χ1) is 6.38. The molecular weight excluding hydrogens is 180 g/mol. The maximum absolute atomic E-state index is 10.8. The van der Waals surface area contributed by atoms with Crippen LogP contribution < -0.4 is 0 Å². The Morgan fingerprint density at radius 1 is 1.50 bits per heavy atom. The van der Waals surface area contributed by atoms with Gasteiger partial charge in [-0.1, -0.05) is 27.7 Å². The number of aromatic nitrogens is 2. The Kier molecular flexibility index (Phi) is 2.64. The molecule has 0 unspecified atom stereocenters. The molecule has 1 aromatic rings. The molecule has 4 nitrogen and oxygen atoms in total. The molecule has 0 aliphatic rings. The van der Waals surface area contributed by atoms with Crippen molar-refractivity contribution >= 4 is 5.97 Å². The van der Waals surface area contributed by atoms with Gasteiger partial charge in [0.05, 0.1) is 5.69 Å². The lowest BCUT2D eigenvalue weighted by molar-refractivity contribution is 0.0689. The Labute approximate surface area is 83.3 Å². The van der Waals surface area contributed by atoms with E-state index in [-0.39, 0.29) is 11.1 Å². The van der Waals surface area contributed by atoms with Crippen LogP contribution in [0.15, 0.2) is 0 Å². The predicted molar refractivity (Wildman–Crippen MR) is 53.6 cm³/mol. The summed E-state index contributed by atoms with van der Waals surface area (Å²) in [6.07, 6.45) is 0.685. The molecule has 1 heterocycles. The summed E-state index contributed by atoms with van der Waals surface area (Å²) < 4.78 is 0. The lowest BCUT2D eigenvalue weighted by Crippen LogP contribution is -2.14. The summed E-state index contributed by atoms with van der Waals surface area (Å²) in [5.74, 6) is -0.940. The van der Waals surface area contributed by atoms with E-state index in [0.717, 1.165) is 11.3 Å². The maximum Gasteiger partial charge on any atom is 0.354 e. The van der Waals surface area contributed by atoms with Gasteiger partial charge in [0.1, 0.15) is 5.69 Å². The maximum atomic E-state index is 10.8. The quantitative estimate of drug-likeness (QED) is 0.760. The summed E-state index contributed by atoms with van der Waals surface area (Å²) in [6.45, 7) is 8.00. The largest absolute Gasteiger partial charge is 0.477 e. The molecule has 1 aromatic heterocycles. The molecule has 2 N–H and O–H groups in total. The first kappa shape index (κ1) is 10.8. The van der Waals surface area contributed by atoms with Crippen LogP contribution in [0.25, 0.3) is 0 Å². The highest BCUT2D eigenvalue weighted by atomic mass is 16.4. The molecule has 0 aromatic carbocycles. The van der Waals surface area contributed by atoms with Crippen LogP contribution in [0, 0.1) is 0 Å². The number of aromatic amines is 1. The standard InChI is InChI=1S/C10H16N2O2/c1-5-6-7(9(13)14)11-12-8(6)10(2,3)4/h5H2,1-4H3,(H,11,12)(H,13,14). The van der Waals surface area contributed by atoms with E-state index in [9.17, 15) is 4.79 Å². The molecule has 1 rings (SSSR count). The summed E-state index contributed by atoms with van der Waals surface area (Å²) in [7, 11) is 0. The van der Waals surface area contributed by atoms with Gasteiger partial charge in [0, 0.05) is 11.0 Å². The molecule has 0 amide bonds. The molecule has 78 valence electrons. The Morgan fingerprint density at radius 3 is 2.43 bits per heavy atom. The van der Waals surface area contributed by atoms with Crippen LogP contribution in [-0.2, 0) is 11.8 Å². The minimum absolute atomic E-state index is 0.116. The van der Waals surface area contributed by atoms with Crippen LogP contribution in [0.2, 0.25) is 0 Å². The van der Waals surface area contributed by atoms with Gasteiger partial charge in [-0.15, -0.1) is 0 Å². The molecular formula is C10H16N2O2. The molecule has 0 bridgehead atoms. The van der Waals surface area contributed by atoms with Crippen molar-refractivity contribution in [3.8, 4) is 0 Å². The second-order valence-electron chi connectivity index (χ2n) is 4.33. The zero-order valence-corrected chi connectivity index (χ0v) is 9.01. The second kappa shape index (κ2) is 3.44. The van der Waals surface area contributed by atoms with E-state index in [1.807, 2.05) is 27.7 Å². The van der Waals surface area contributed by atoms with Crippen LogP contribution in [0.3, 0.4) is 0 Å². The molecule has 4 heteroatoms. The third kappa shape index (κ3) is 1.78. The van der Waals surface area contributed by atoms with Crippen molar-refractivity contribution in [2.75, 3.05) is 0 Å². The average Bonchev–Trinajstić information content (AvgIpc) is 2.45. The van der Waals surface area contributed by atoms with Crippen LogP contribution in [0.4, 0.5) is 0 Å². The van der Waals surface area contributed by atoms with Gasteiger partial charge in [-0.2, -0.15) is 5.10 Å². The number of hydrogen-bond acceptors (Lipinski definition) is 2. The van der Waals surface area contributed by atoms with E-state index < -0.39 is 5.97 Å². The fourth-order valence-corrected chi connectivity index (χ4v) is 1.51. The van der Waals surface area contributed by atoms with Gasteiger partial charge in [-0.3, -0.25) is 5.10 Å². The first-order valence-corrected chi connectivity index (χ1v) is 4.69. The molecule has 14 heavy (non-hydrogen) atoms. The summed E-state index contributed by atoms with van der Waals surface area (Å²) in [5, 5.41) is 15.6. The summed E-state index contributed by atoms with van der Waals surface area (Å²) >= 11 is 0. The van der Waals surface area contributed by atoms with Gasteiger partial charge in [-0.25, -0.2) is 4.79 Å². The lowest BCUT2D eigenvalue weighted by Gasteiger charge is -2.16. The number of carboxylic acid groups (broad SMARTS) is 1. The van der Waals surface area contributed by atoms with E-state index in [2.05, 4.69) is 10.2 Å². The molecule has 0 saturated heterocycles. The molecule has 0 saturated carbocycles. The summed E-state index contributed by atoms with van der Waals surface area (Å²) in [6, 6.07) is 0. The third-order valence-corrected chi connectivity index (χ3v) is 2.14. The van der Waals surface area contributed by atoms with Crippen molar-refractivity contribution in [3.63, 3.8) is 0 Å². The third-order valence-electron chi connectivity index (χ3n) is 2.14. The van der Waals surface area contributed by atoms with Crippen molar-refractivity contribution in [2.24, 2.45) is 0 Å². The average molecular weight is 196 g/mol. The smallest absolute Gasteiger partial charge is 0.354 e. The van der Waals surface area contributed by atoms with E-state index in [4.69, 9.17) is 5.11 Å². The van der Waals surface area contributed by atoms with Gasteiger partial charge >= 0.3 is 5.97 Å². The number of nitrogens with one attached hydrogen (secondary N) is 1. The number of rotatable bonds is 2. The highest BCUT2D eigenvalue weighted by Crippen LogP contribution is 2.25. The van der Waals surface area contributed by atoms with Crippen molar-refractivity contribution in [2.45, 2.75) is 39.5 Å². The summed E-state index contributed by atoms with van der Waals surface area (Å²) in [5.41, 5.74) is 1.76. The highest BCUT2D eigenvalue weighted by Gasteiger charge is 2.25. The van der Waals surface area contributed by atoms with Gasteiger partial charge in [-0.05, 0) is 6.42 Å². The SMILES string of the molecule is CCc1c(C(C)(C)C)n[nH]c1C(=O)O. The van der Waals surface area contributed by atoms with E-state index >= 15 is 0 Å². The van der Waals surface area contributed by atoms with Crippen molar-refractivity contribution < 1.29 is 9.90 Å². The molecule has 0 radical (unpaired) electrons. The minimum Gasteiger partial charge on any atom is -0.477 e. The molecule has 0 aliphatic heterocycles. The number of carboxylic acids is 1. The van der Waals surface area contributed by atoms with Gasteiger partial charge in [0.15, 0.2) is 0 Å². The Hall–Kier alpha value is -1.32. The normalized spacial score (nSPS) is 11.7.